The van der Waals surface area contributed by atoms with Crippen molar-refractivity contribution in [2.24, 2.45) is 5.41 Å². The Morgan fingerprint density at radius 2 is 2.25 bits per heavy atom. The van der Waals surface area contributed by atoms with Crippen LogP contribution in [0.25, 0.3) is 0 Å². The molecule has 0 saturated heterocycles. The van der Waals surface area contributed by atoms with E-state index in [1.165, 1.54) is 0 Å². The second-order valence-electron chi connectivity index (χ2n) is 2.65. The summed E-state index contributed by atoms with van der Waals surface area (Å²) < 4.78 is 0. The highest BCUT2D eigenvalue weighted by atomic mass is 14.2. The summed E-state index contributed by atoms with van der Waals surface area (Å²) >= 11 is 0. The van der Waals surface area contributed by atoms with E-state index in [0.717, 1.165) is 6.42 Å². The minimum Gasteiger partial charge on any atom is -0.0837 e. The van der Waals surface area contributed by atoms with Crippen LogP contribution in [0, 0.1) is 12.3 Å². The Labute approximate surface area is 50.9 Å². The highest BCUT2D eigenvalue weighted by Crippen LogP contribution is 2.24. The molecule has 0 saturated carbocycles. The average molecular weight is 107 g/mol. The largest absolute Gasteiger partial charge is 0.0837 e. The molecule has 0 nitrogen and oxygen atoms in total. The van der Waals surface area contributed by atoms with Gasteiger partial charge in [0.05, 0.1) is 0 Å². The van der Waals surface area contributed by atoms with Gasteiger partial charge in [-0.3, -0.25) is 0 Å². The van der Waals surface area contributed by atoms with Crippen LogP contribution in [-0.4, -0.2) is 0 Å². The van der Waals surface area contributed by atoms with E-state index >= 15 is 0 Å². The SMILES string of the molecule is [CH2][C@]1(C)C=CC=CC1. The quantitative estimate of drug-likeness (QED) is 0.445. The van der Waals surface area contributed by atoms with Crippen molar-refractivity contribution in [3.8, 4) is 0 Å². The third-order valence-corrected chi connectivity index (χ3v) is 1.33. The van der Waals surface area contributed by atoms with E-state index in [-0.39, 0.29) is 5.41 Å². The van der Waals surface area contributed by atoms with Crippen molar-refractivity contribution in [2.45, 2.75) is 13.3 Å². The van der Waals surface area contributed by atoms with Crippen LogP contribution in [0.2, 0.25) is 0 Å². The van der Waals surface area contributed by atoms with Gasteiger partial charge in [-0.1, -0.05) is 31.2 Å². The van der Waals surface area contributed by atoms with Crippen molar-refractivity contribution >= 4 is 0 Å². The normalized spacial score (nSPS) is 23.8. The van der Waals surface area contributed by atoms with Crippen LogP contribution in [0.1, 0.15) is 13.3 Å². The molecule has 1 aliphatic rings. The van der Waals surface area contributed by atoms with Crippen molar-refractivity contribution in [3.05, 3.63) is 31.2 Å². The maximum absolute atomic E-state index is 3.99. The Bertz CT molecular complexity index is 127. The summed E-state index contributed by atoms with van der Waals surface area (Å²) in [6.07, 6.45) is 9.47. The molecule has 1 atom stereocenters. The Kier molecular flexibility index (Phi) is 1.24. The molecular weight excluding hydrogens is 96.1 g/mol. The number of hydrogen-bond acceptors (Lipinski definition) is 0. The molecule has 0 bridgehead atoms. The number of allylic oxidation sites excluding steroid dienone is 4. The number of hydrogen-bond donors (Lipinski definition) is 0. The maximum Gasteiger partial charge on any atom is -0.0109 e. The lowest BCUT2D eigenvalue weighted by Crippen LogP contribution is -2.07. The van der Waals surface area contributed by atoms with Crippen molar-refractivity contribution in [1.29, 1.82) is 0 Å². The standard InChI is InChI=1S/C8H11/c1-8(2)6-4-3-5-7-8/h3-6H,1,7H2,2H3/t8-/m0/s1. The van der Waals surface area contributed by atoms with Gasteiger partial charge in [0.1, 0.15) is 0 Å². The Morgan fingerprint density at radius 3 is 2.50 bits per heavy atom. The molecular formula is C8H11. The molecule has 43 valence electrons. The predicted octanol–water partition coefficient (Wildman–Crippen LogP) is 2.34. The van der Waals surface area contributed by atoms with E-state index in [9.17, 15) is 0 Å². The lowest BCUT2D eigenvalue weighted by atomic mass is 9.86. The number of rotatable bonds is 0. The first-order valence-corrected chi connectivity index (χ1v) is 2.90. The summed E-state index contributed by atoms with van der Waals surface area (Å²) in [5.41, 5.74) is 0.161. The molecule has 0 unspecified atom stereocenters. The molecule has 0 N–H and O–H groups in total. The lowest BCUT2D eigenvalue weighted by molar-refractivity contribution is 0.551. The summed E-state index contributed by atoms with van der Waals surface area (Å²) in [7, 11) is 0. The Balaban J connectivity index is 2.65. The molecule has 8 heavy (non-hydrogen) atoms. The third-order valence-electron chi connectivity index (χ3n) is 1.33. The van der Waals surface area contributed by atoms with Gasteiger partial charge < -0.3 is 0 Å². The minimum atomic E-state index is 0.161. The zero-order valence-electron chi connectivity index (χ0n) is 5.22. The van der Waals surface area contributed by atoms with Crippen LogP contribution in [-0.2, 0) is 0 Å². The van der Waals surface area contributed by atoms with E-state index in [2.05, 4.69) is 38.2 Å². The first-order chi connectivity index (χ1) is 3.71. The fraction of sp³-hybridized carbons (Fsp3) is 0.375. The predicted molar refractivity (Wildman–Crippen MR) is 36.4 cm³/mol. The average Bonchev–Trinajstić information content (AvgIpc) is 1.65. The molecule has 1 rings (SSSR count). The van der Waals surface area contributed by atoms with Crippen molar-refractivity contribution in [3.63, 3.8) is 0 Å². The van der Waals surface area contributed by atoms with Crippen LogP contribution >= 0.6 is 0 Å². The van der Waals surface area contributed by atoms with Crippen LogP contribution in [0.5, 0.6) is 0 Å². The van der Waals surface area contributed by atoms with E-state index < -0.39 is 0 Å². The molecule has 0 amide bonds. The van der Waals surface area contributed by atoms with Gasteiger partial charge in [-0.05, 0) is 18.8 Å². The minimum absolute atomic E-state index is 0.161. The first kappa shape index (κ1) is 5.61. The van der Waals surface area contributed by atoms with Crippen LogP contribution in [0.3, 0.4) is 0 Å². The molecule has 1 radical (unpaired) electrons. The summed E-state index contributed by atoms with van der Waals surface area (Å²) in [5.74, 6) is 0. The topological polar surface area (TPSA) is 0 Å². The monoisotopic (exact) mass is 107 g/mol. The summed E-state index contributed by atoms with van der Waals surface area (Å²) in [6.45, 7) is 6.12. The van der Waals surface area contributed by atoms with Crippen LogP contribution in [0.15, 0.2) is 24.3 Å². The fourth-order valence-corrected chi connectivity index (χ4v) is 0.772. The Morgan fingerprint density at radius 1 is 1.50 bits per heavy atom. The molecule has 0 aliphatic heterocycles. The highest BCUT2D eigenvalue weighted by molar-refractivity contribution is 5.16. The summed E-state index contributed by atoms with van der Waals surface area (Å²) in [4.78, 5) is 0. The summed E-state index contributed by atoms with van der Waals surface area (Å²) in [6, 6.07) is 0. The summed E-state index contributed by atoms with van der Waals surface area (Å²) in [5, 5.41) is 0. The van der Waals surface area contributed by atoms with Gasteiger partial charge in [0.25, 0.3) is 0 Å². The fourth-order valence-electron chi connectivity index (χ4n) is 0.772. The van der Waals surface area contributed by atoms with E-state index in [1.807, 2.05) is 0 Å². The van der Waals surface area contributed by atoms with Gasteiger partial charge in [0, 0.05) is 0 Å². The zero-order valence-corrected chi connectivity index (χ0v) is 5.22. The first-order valence-electron chi connectivity index (χ1n) is 2.90. The zero-order chi connectivity index (χ0) is 6.04. The van der Waals surface area contributed by atoms with Crippen molar-refractivity contribution in [1.82, 2.24) is 0 Å². The van der Waals surface area contributed by atoms with Crippen molar-refractivity contribution < 1.29 is 0 Å². The molecule has 1 aliphatic carbocycles. The highest BCUT2D eigenvalue weighted by Gasteiger charge is 2.12. The van der Waals surface area contributed by atoms with Gasteiger partial charge in [-0.15, -0.1) is 0 Å². The molecule has 0 aromatic carbocycles. The second kappa shape index (κ2) is 1.77. The smallest absolute Gasteiger partial charge is 0.0109 e. The van der Waals surface area contributed by atoms with Gasteiger partial charge in [-0.2, -0.15) is 0 Å². The lowest BCUT2D eigenvalue weighted by Gasteiger charge is -2.18. The van der Waals surface area contributed by atoms with Gasteiger partial charge in [0.2, 0.25) is 0 Å². The Hall–Kier alpha value is -0.520. The molecule has 0 fully saturated rings. The molecule has 0 heterocycles. The van der Waals surface area contributed by atoms with E-state index in [0.29, 0.717) is 0 Å². The van der Waals surface area contributed by atoms with E-state index in [1.54, 1.807) is 0 Å². The molecule has 0 spiro atoms. The van der Waals surface area contributed by atoms with Gasteiger partial charge in [-0.25, -0.2) is 0 Å². The van der Waals surface area contributed by atoms with Gasteiger partial charge in [0.15, 0.2) is 0 Å². The van der Waals surface area contributed by atoms with Crippen LogP contribution in [0.4, 0.5) is 0 Å². The van der Waals surface area contributed by atoms with E-state index in [4.69, 9.17) is 0 Å². The molecule has 0 aromatic heterocycles. The van der Waals surface area contributed by atoms with Crippen molar-refractivity contribution in [2.75, 3.05) is 0 Å². The molecule has 0 heteroatoms. The van der Waals surface area contributed by atoms with Gasteiger partial charge >= 0.3 is 0 Å². The second-order valence-corrected chi connectivity index (χ2v) is 2.65. The maximum atomic E-state index is 3.99. The molecule has 0 aromatic rings. The van der Waals surface area contributed by atoms with Crippen LogP contribution < -0.4 is 0 Å². The third kappa shape index (κ3) is 1.22.